The first-order valence-corrected chi connectivity index (χ1v) is 11.0. The maximum absolute atomic E-state index is 12.7. The fourth-order valence-electron chi connectivity index (χ4n) is 3.77. The molecule has 33 heavy (non-hydrogen) atoms. The molecule has 2 aromatic carbocycles. The van der Waals surface area contributed by atoms with E-state index < -0.39 is 23.5 Å². The Morgan fingerprint density at radius 1 is 1.09 bits per heavy atom. The third kappa shape index (κ3) is 5.80. The van der Waals surface area contributed by atoms with Gasteiger partial charge in [-0.3, -0.25) is 4.79 Å². The molecule has 0 radical (unpaired) electrons. The van der Waals surface area contributed by atoms with Gasteiger partial charge in [-0.25, -0.2) is 4.79 Å². The standard InChI is InChI=1S/C26H29NO6/c1-4-5-11-21(25(29)30)27-23(28)15-32-22-13-12-19-16(2)20(14-18-9-7-6-8-10-18)26(31)33-24(19)17(22)3/h6-10,12-13,21H,4-5,11,14-15H2,1-3H3,(H,27,28)(H,29,30)/p-1/t21-/m1/s1. The number of carbonyl (C=O) groups is 2. The predicted octanol–water partition coefficient (Wildman–Crippen LogP) is 2.80. The Morgan fingerprint density at radius 3 is 2.48 bits per heavy atom. The van der Waals surface area contributed by atoms with Crippen molar-refractivity contribution in [2.75, 3.05) is 6.61 Å². The quantitative estimate of drug-likeness (QED) is 0.476. The fraction of sp³-hybridized carbons (Fsp3) is 0.346. The molecule has 0 aliphatic carbocycles. The number of hydrogen-bond acceptors (Lipinski definition) is 6. The van der Waals surface area contributed by atoms with Crippen LogP contribution in [0.25, 0.3) is 11.0 Å². The molecule has 7 nitrogen and oxygen atoms in total. The maximum Gasteiger partial charge on any atom is 0.340 e. The molecule has 1 N–H and O–H groups in total. The number of aliphatic carboxylic acids is 1. The lowest BCUT2D eigenvalue weighted by Gasteiger charge is -2.20. The molecule has 7 heteroatoms. The van der Waals surface area contributed by atoms with Crippen LogP contribution in [-0.4, -0.2) is 24.5 Å². The molecule has 3 aromatic rings. The van der Waals surface area contributed by atoms with Crippen LogP contribution < -0.4 is 20.8 Å². The second-order valence-electron chi connectivity index (χ2n) is 8.09. The summed E-state index contributed by atoms with van der Waals surface area (Å²) in [5.74, 6) is -1.49. The van der Waals surface area contributed by atoms with Crippen molar-refractivity contribution in [3.05, 3.63) is 75.1 Å². The lowest BCUT2D eigenvalue weighted by atomic mass is 9.98. The number of unbranched alkanes of at least 4 members (excludes halogenated alkanes) is 1. The fourth-order valence-corrected chi connectivity index (χ4v) is 3.77. The zero-order valence-corrected chi connectivity index (χ0v) is 19.1. The van der Waals surface area contributed by atoms with Crippen molar-refractivity contribution in [1.82, 2.24) is 5.32 Å². The van der Waals surface area contributed by atoms with Crippen LogP contribution in [0.3, 0.4) is 0 Å². The molecule has 174 valence electrons. The van der Waals surface area contributed by atoms with E-state index in [1.807, 2.05) is 44.2 Å². The SMILES string of the molecule is CCCC[C@@H](NC(=O)COc1ccc2c(C)c(Cc3ccccc3)c(=O)oc2c1C)C(=O)[O-]. The number of carboxylic acid groups (broad SMARTS) is 1. The number of hydrogen-bond donors (Lipinski definition) is 1. The highest BCUT2D eigenvalue weighted by Gasteiger charge is 2.17. The number of nitrogens with one attached hydrogen (secondary N) is 1. The van der Waals surface area contributed by atoms with Crippen molar-refractivity contribution in [1.29, 1.82) is 0 Å². The zero-order valence-electron chi connectivity index (χ0n) is 19.1. The number of amides is 1. The first-order chi connectivity index (χ1) is 15.8. The Kier molecular flexibility index (Phi) is 7.87. The van der Waals surface area contributed by atoms with Gasteiger partial charge >= 0.3 is 5.63 Å². The van der Waals surface area contributed by atoms with Crippen LogP contribution in [0.4, 0.5) is 0 Å². The summed E-state index contributed by atoms with van der Waals surface area (Å²) in [6, 6.07) is 12.2. The predicted molar refractivity (Wildman–Crippen MR) is 123 cm³/mol. The average Bonchev–Trinajstić information content (AvgIpc) is 2.80. The number of fused-ring (bicyclic) bond motifs is 1. The smallest absolute Gasteiger partial charge is 0.340 e. The second-order valence-corrected chi connectivity index (χ2v) is 8.09. The summed E-state index contributed by atoms with van der Waals surface area (Å²) < 4.78 is 11.3. The molecular formula is C26H28NO6-. The van der Waals surface area contributed by atoms with Crippen molar-refractivity contribution in [2.45, 2.75) is 52.5 Å². The molecule has 0 unspecified atom stereocenters. The van der Waals surface area contributed by atoms with E-state index in [1.54, 1.807) is 19.1 Å². The van der Waals surface area contributed by atoms with Crippen LogP contribution >= 0.6 is 0 Å². The molecule has 0 fully saturated rings. The van der Waals surface area contributed by atoms with Gasteiger partial charge in [0.25, 0.3) is 5.91 Å². The van der Waals surface area contributed by atoms with Gasteiger partial charge in [-0.1, -0.05) is 50.1 Å². The van der Waals surface area contributed by atoms with Crippen molar-refractivity contribution in [3.63, 3.8) is 0 Å². The minimum Gasteiger partial charge on any atom is -0.548 e. The Labute approximate surface area is 192 Å². The summed E-state index contributed by atoms with van der Waals surface area (Å²) in [7, 11) is 0. The van der Waals surface area contributed by atoms with Gasteiger partial charge in [-0.05, 0) is 43.5 Å². The van der Waals surface area contributed by atoms with E-state index in [4.69, 9.17) is 9.15 Å². The molecule has 0 aliphatic rings. The lowest BCUT2D eigenvalue weighted by molar-refractivity contribution is -0.308. The van der Waals surface area contributed by atoms with Gasteiger partial charge in [0, 0.05) is 22.9 Å². The maximum atomic E-state index is 12.7. The van der Waals surface area contributed by atoms with Crippen LogP contribution in [-0.2, 0) is 16.0 Å². The summed E-state index contributed by atoms with van der Waals surface area (Å²) in [6.07, 6.45) is 2.24. The van der Waals surface area contributed by atoms with Gasteiger partial charge < -0.3 is 24.4 Å². The van der Waals surface area contributed by atoms with Gasteiger partial charge in [0.1, 0.15) is 11.3 Å². The van der Waals surface area contributed by atoms with Crippen molar-refractivity contribution in [2.24, 2.45) is 0 Å². The number of rotatable bonds is 10. The van der Waals surface area contributed by atoms with E-state index in [-0.39, 0.29) is 6.61 Å². The molecule has 0 saturated heterocycles. The van der Waals surface area contributed by atoms with Crippen LogP contribution in [0, 0.1) is 13.8 Å². The third-order valence-corrected chi connectivity index (χ3v) is 5.70. The summed E-state index contributed by atoms with van der Waals surface area (Å²) in [5, 5.41) is 14.4. The number of carboxylic acids is 1. The highest BCUT2D eigenvalue weighted by atomic mass is 16.5. The van der Waals surface area contributed by atoms with Crippen molar-refractivity contribution >= 4 is 22.8 Å². The number of benzene rings is 2. The zero-order chi connectivity index (χ0) is 24.0. The Bertz CT molecular complexity index is 1200. The average molecular weight is 451 g/mol. The topological polar surface area (TPSA) is 109 Å². The second kappa shape index (κ2) is 10.8. The molecular weight excluding hydrogens is 422 g/mol. The lowest BCUT2D eigenvalue weighted by Crippen LogP contribution is -2.49. The Hall–Kier alpha value is -3.61. The molecule has 1 amide bonds. The highest BCUT2D eigenvalue weighted by Crippen LogP contribution is 2.30. The minimum absolute atomic E-state index is 0.301. The van der Waals surface area contributed by atoms with E-state index in [0.29, 0.717) is 41.7 Å². The third-order valence-electron chi connectivity index (χ3n) is 5.70. The first-order valence-electron chi connectivity index (χ1n) is 11.0. The number of ether oxygens (including phenoxy) is 1. The monoisotopic (exact) mass is 450 g/mol. The normalized spacial score (nSPS) is 11.8. The van der Waals surface area contributed by atoms with Crippen molar-refractivity contribution in [3.8, 4) is 5.75 Å². The van der Waals surface area contributed by atoms with Crippen LogP contribution in [0.1, 0.15) is 48.4 Å². The van der Waals surface area contributed by atoms with Gasteiger partial charge in [-0.2, -0.15) is 0 Å². The number of carbonyl (C=O) groups excluding carboxylic acids is 2. The molecule has 0 spiro atoms. The van der Waals surface area contributed by atoms with Gasteiger partial charge in [-0.15, -0.1) is 0 Å². The molecule has 3 rings (SSSR count). The van der Waals surface area contributed by atoms with E-state index in [2.05, 4.69) is 5.32 Å². The molecule has 1 aromatic heterocycles. The summed E-state index contributed by atoms with van der Waals surface area (Å²) in [4.78, 5) is 36.1. The minimum atomic E-state index is -1.32. The Morgan fingerprint density at radius 2 is 1.82 bits per heavy atom. The van der Waals surface area contributed by atoms with E-state index >= 15 is 0 Å². The van der Waals surface area contributed by atoms with Gasteiger partial charge in [0.15, 0.2) is 6.61 Å². The Balaban J connectivity index is 1.78. The van der Waals surface area contributed by atoms with Crippen molar-refractivity contribution < 1.29 is 23.8 Å². The molecule has 1 heterocycles. The summed E-state index contributed by atoms with van der Waals surface area (Å²) >= 11 is 0. The number of aryl methyl sites for hydroxylation is 2. The van der Waals surface area contributed by atoms with E-state index in [9.17, 15) is 19.5 Å². The largest absolute Gasteiger partial charge is 0.548 e. The summed E-state index contributed by atoms with van der Waals surface area (Å²) in [5.41, 5.74) is 3.04. The van der Waals surface area contributed by atoms with E-state index in [0.717, 1.165) is 22.9 Å². The molecule has 0 bridgehead atoms. The molecule has 0 saturated carbocycles. The van der Waals surface area contributed by atoms with Crippen LogP contribution in [0.5, 0.6) is 5.75 Å². The highest BCUT2D eigenvalue weighted by molar-refractivity contribution is 5.86. The van der Waals surface area contributed by atoms with Gasteiger partial charge in [0.05, 0.1) is 12.0 Å². The molecule has 1 atom stereocenters. The van der Waals surface area contributed by atoms with E-state index in [1.165, 1.54) is 0 Å². The van der Waals surface area contributed by atoms with Crippen LogP contribution in [0.2, 0.25) is 0 Å². The first kappa shape index (κ1) is 24.0. The van der Waals surface area contributed by atoms with Crippen LogP contribution in [0.15, 0.2) is 51.7 Å². The van der Waals surface area contributed by atoms with Gasteiger partial charge in [0.2, 0.25) is 0 Å². The molecule has 0 aliphatic heterocycles. The summed E-state index contributed by atoms with van der Waals surface area (Å²) in [6.45, 7) is 5.21.